The number of nitriles is 1. The van der Waals surface area contributed by atoms with E-state index in [2.05, 4.69) is 38.1 Å². The predicted octanol–water partition coefficient (Wildman–Crippen LogP) is 2.72. The highest BCUT2D eigenvalue weighted by Crippen LogP contribution is 2.46. The molecular formula is C18H15BrN4O3. The van der Waals surface area contributed by atoms with Gasteiger partial charge in [0, 0.05) is 11.3 Å². The zero-order valence-corrected chi connectivity index (χ0v) is 15.7. The van der Waals surface area contributed by atoms with Crippen LogP contribution in [-0.4, -0.2) is 23.9 Å². The molecule has 0 spiro atoms. The summed E-state index contributed by atoms with van der Waals surface area (Å²) in [6.07, 6.45) is 5.26. The number of hydrogen-bond donors (Lipinski definition) is 2. The fraction of sp³-hybridized carbons (Fsp3) is 0.222. The van der Waals surface area contributed by atoms with Crippen LogP contribution in [0.5, 0.6) is 17.4 Å². The molecular weight excluding hydrogens is 400 g/mol. The Morgan fingerprint density at radius 2 is 2.27 bits per heavy atom. The van der Waals surface area contributed by atoms with E-state index in [1.54, 1.807) is 6.07 Å². The third kappa shape index (κ3) is 2.85. The van der Waals surface area contributed by atoms with Crippen molar-refractivity contribution in [2.75, 3.05) is 13.7 Å². The van der Waals surface area contributed by atoms with Crippen molar-refractivity contribution in [3.63, 3.8) is 0 Å². The van der Waals surface area contributed by atoms with Gasteiger partial charge >= 0.3 is 0 Å². The maximum absolute atomic E-state index is 9.63. The van der Waals surface area contributed by atoms with E-state index < -0.39 is 5.92 Å². The van der Waals surface area contributed by atoms with Gasteiger partial charge in [0.2, 0.25) is 11.8 Å². The summed E-state index contributed by atoms with van der Waals surface area (Å²) in [6.45, 7) is 1.96. The molecule has 26 heavy (non-hydrogen) atoms. The number of allylic oxidation sites excluding steroid dienone is 1. The topological polar surface area (TPSA) is 106 Å². The van der Waals surface area contributed by atoms with E-state index in [4.69, 9.17) is 26.4 Å². The number of nitrogens with one attached hydrogen (secondary N) is 1. The van der Waals surface area contributed by atoms with Crippen LogP contribution in [0.3, 0.4) is 0 Å². The second kappa shape index (κ2) is 7.03. The molecule has 1 aliphatic heterocycles. The lowest BCUT2D eigenvalue weighted by molar-refractivity contribution is 0.328. The molecule has 0 aliphatic carbocycles. The summed E-state index contributed by atoms with van der Waals surface area (Å²) >= 11 is 3.48. The molecule has 0 saturated carbocycles. The molecule has 2 heterocycles. The number of terminal acetylenes is 1. The van der Waals surface area contributed by atoms with Gasteiger partial charge in [0.05, 0.1) is 17.5 Å². The lowest BCUT2D eigenvalue weighted by Crippen LogP contribution is -2.21. The summed E-state index contributed by atoms with van der Waals surface area (Å²) in [5, 5.41) is 16.6. The zero-order valence-electron chi connectivity index (χ0n) is 14.1. The van der Waals surface area contributed by atoms with E-state index in [0.717, 1.165) is 16.8 Å². The number of nitrogens with two attached hydrogens (primary N) is 1. The fourth-order valence-electron chi connectivity index (χ4n) is 2.89. The molecule has 1 aliphatic rings. The minimum atomic E-state index is -0.450. The van der Waals surface area contributed by atoms with Crippen LogP contribution in [0.2, 0.25) is 0 Å². The molecule has 1 aromatic heterocycles. The van der Waals surface area contributed by atoms with Crippen LogP contribution in [-0.2, 0) is 0 Å². The number of aryl methyl sites for hydroxylation is 1. The lowest BCUT2D eigenvalue weighted by atomic mass is 9.84. The number of ether oxygens (including phenoxy) is 3. The van der Waals surface area contributed by atoms with Crippen LogP contribution >= 0.6 is 15.9 Å². The van der Waals surface area contributed by atoms with Crippen LogP contribution in [0.15, 0.2) is 28.1 Å². The zero-order chi connectivity index (χ0) is 18.8. The van der Waals surface area contributed by atoms with Crippen LogP contribution in [0.1, 0.15) is 22.7 Å². The Hall–Kier alpha value is -3.10. The summed E-state index contributed by atoms with van der Waals surface area (Å²) < 4.78 is 17.1. The van der Waals surface area contributed by atoms with Crippen LogP contribution in [0, 0.1) is 30.6 Å². The van der Waals surface area contributed by atoms with E-state index in [-0.39, 0.29) is 12.5 Å². The lowest BCUT2D eigenvalue weighted by Gasteiger charge is -2.24. The first-order valence-corrected chi connectivity index (χ1v) is 8.37. The van der Waals surface area contributed by atoms with Gasteiger partial charge in [0.1, 0.15) is 18.2 Å². The van der Waals surface area contributed by atoms with Gasteiger partial charge in [-0.1, -0.05) is 5.92 Å². The second-order valence-electron chi connectivity index (χ2n) is 5.52. The number of aromatic amines is 1. The monoisotopic (exact) mass is 414 g/mol. The van der Waals surface area contributed by atoms with Gasteiger partial charge in [-0.05, 0) is 40.5 Å². The van der Waals surface area contributed by atoms with Crippen molar-refractivity contribution in [2.24, 2.45) is 5.73 Å². The molecule has 0 bridgehead atoms. The third-order valence-electron chi connectivity index (χ3n) is 4.01. The fourth-order valence-corrected chi connectivity index (χ4v) is 3.47. The molecule has 8 heteroatoms. The average Bonchev–Trinajstić information content (AvgIpc) is 2.99. The van der Waals surface area contributed by atoms with Gasteiger partial charge in [-0.2, -0.15) is 5.26 Å². The minimum Gasteiger partial charge on any atom is -0.493 e. The third-order valence-corrected chi connectivity index (χ3v) is 4.60. The summed E-state index contributed by atoms with van der Waals surface area (Å²) in [5.41, 5.74) is 8.55. The summed E-state index contributed by atoms with van der Waals surface area (Å²) in [6, 6.07) is 5.76. The van der Waals surface area contributed by atoms with Gasteiger partial charge in [0.15, 0.2) is 11.5 Å². The van der Waals surface area contributed by atoms with Gasteiger partial charge < -0.3 is 19.9 Å². The van der Waals surface area contributed by atoms with E-state index in [1.165, 1.54) is 7.11 Å². The number of rotatable bonds is 4. The van der Waals surface area contributed by atoms with Gasteiger partial charge in [-0.25, -0.2) is 0 Å². The normalized spacial score (nSPS) is 15.5. The van der Waals surface area contributed by atoms with Crippen molar-refractivity contribution >= 4 is 15.9 Å². The standard InChI is InChI=1S/C18H15BrN4O3/c1-4-5-25-16-12(19)6-10(7-13(16)24-3)15-11(8-20)17(21)26-18-14(15)9(2)22-23-18/h1,6-7,15H,5,21H2,2-3H3,(H,22,23). The minimum absolute atomic E-state index is 0.0271. The van der Waals surface area contributed by atoms with Crippen molar-refractivity contribution in [2.45, 2.75) is 12.8 Å². The molecule has 0 amide bonds. The first kappa shape index (κ1) is 17.7. The number of H-pyrrole nitrogens is 1. The number of fused-ring (bicyclic) bond motifs is 1. The highest BCUT2D eigenvalue weighted by Gasteiger charge is 2.35. The number of nitrogens with zero attached hydrogens (tertiary/aromatic N) is 2. The predicted molar refractivity (Wildman–Crippen MR) is 97.6 cm³/mol. The average molecular weight is 415 g/mol. The SMILES string of the molecule is C#CCOc1c(Br)cc(C2C(C#N)=C(N)Oc3n[nH]c(C)c32)cc1OC. The van der Waals surface area contributed by atoms with Gasteiger partial charge in [-0.15, -0.1) is 11.5 Å². The molecule has 0 fully saturated rings. The number of benzene rings is 1. The first-order chi connectivity index (χ1) is 12.5. The van der Waals surface area contributed by atoms with Crippen molar-refractivity contribution in [3.8, 4) is 35.8 Å². The summed E-state index contributed by atoms with van der Waals surface area (Å²) in [4.78, 5) is 0. The van der Waals surface area contributed by atoms with Crippen LogP contribution in [0.25, 0.3) is 0 Å². The Bertz CT molecular complexity index is 982. The second-order valence-corrected chi connectivity index (χ2v) is 6.37. The van der Waals surface area contributed by atoms with Gasteiger partial charge in [0.25, 0.3) is 0 Å². The summed E-state index contributed by atoms with van der Waals surface area (Å²) in [5.74, 6) is 3.32. The van der Waals surface area contributed by atoms with Gasteiger partial charge in [-0.3, -0.25) is 5.10 Å². The number of halogens is 1. The Kier molecular flexibility index (Phi) is 4.79. The highest BCUT2D eigenvalue weighted by molar-refractivity contribution is 9.10. The molecule has 3 N–H and O–H groups in total. The smallest absolute Gasteiger partial charge is 0.244 e. The Morgan fingerprint density at radius 3 is 2.92 bits per heavy atom. The first-order valence-electron chi connectivity index (χ1n) is 7.57. The number of hydrogen-bond acceptors (Lipinski definition) is 6. The van der Waals surface area contributed by atoms with Crippen LogP contribution < -0.4 is 19.9 Å². The van der Waals surface area contributed by atoms with Crippen LogP contribution in [0.4, 0.5) is 0 Å². The van der Waals surface area contributed by atoms with Crippen molar-refractivity contribution in [3.05, 3.63) is 44.9 Å². The molecule has 2 aromatic rings. The Morgan fingerprint density at radius 1 is 1.50 bits per heavy atom. The molecule has 3 rings (SSSR count). The highest BCUT2D eigenvalue weighted by atomic mass is 79.9. The molecule has 0 radical (unpaired) electrons. The van der Waals surface area contributed by atoms with Crippen molar-refractivity contribution < 1.29 is 14.2 Å². The quantitative estimate of drug-likeness (QED) is 0.744. The van der Waals surface area contributed by atoms with E-state index in [1.807, 2.05) is 13.0 Å². The largest absolute Gasteiger partial charge is 0.493 e. The molecule has 0 saturated heterocycles. The van der Waals surface area contributed by atoms with E-state index in [0.29, 0.717) is 27.4 Å². The number of methoxy groups -OCH3 is 1. The molecule has 1 atom stereocenters. The van der Waals surface area contributed by atoms with E-state index >= 15 is 0 Å². The van der Waals surface area contributed by atoms with E-state index in [9.17, 15) is 5.26 Å². The van der Waals surface area contributed by atoms with Crippen molar-refractivity contribution in [1.29, 1.82) is 5.26 Å². The molecule has 1 unspecified atom stereocenters. The molecule has 132 valence electrons. The maximum Gasteiger partial charge on any atom is 0.244 e. The summed E-state index contributed by atoms with van der Waals surface area (Å²) in [7, 11) is 1.53. The molecule has 1 aromatic carbocycles. The Labute approximate surface area is 158 Å². The Balaban J connectivity index is 2.19. The van der Waals surface area contributed by atoms with Crippen molar-refractivity contribution in [1.82, 2.24) is 10.2 Å². The molecule has 7 nitrogen and oxygen atoms in total. The maximum atomic E-state index is 9.63. The number of aromatic nitrogens is 2.